The lowest BCUT2D eigenvalue weighted by atomic mass is 9.98. The Hall–Kier alpha value is -3.79. The van der Waals surface area contributed by atoms with Gasteiger partial charge in [-0.3, -0.25) is 9.59 Å². The van der Waals surface area contributed by atoms with Gasteiger partial charge in [-0.25, -0.2) is 14.4 Å². The highest BCUT2D eigenvalue weighted by Crippen LogP contribution is 2.26. The fraction of sp³-hybridized carbons (Fsp3) is 0.333. The van der Waals surface area contributed by atoms with Crippen molar-refractivity contribution in [3.05, 3.63) is 66.3 Å². The topological polar surface area (TPSA) is 114 Å². The first-order chi connectivity index (χ1) is 16.2. The number of halogens is 1. The van der Waals surface area contributed by atoms with Crippen LogP contribution in [0.3, 0.4) is 0 Å². The molecular weight excluding hydrogens is 439 g/mol. The van der Waals surface area contributed by atoms with Gasteiger partial charge < -0.3 is 25.2 Å². The van der Waals surface area contributed by atoms with Gasteiger partial charge >= 0.3 is 0 Å². The van der Waals surface area contributed by atoms with E-state index in [1.807, 2.05) is 18.7 Å². The highest BCUT2D eigenvalue weighted by atomic mass is 19.1. The van der Waals surface area contributed by atoms with E-state index in [2.05, 4.69) is 26.8 Å². The van der Waals surface area contributed by atoms with Crippen molar-refractivity contribution < 1.29 is 19.1 Å². The average molecular weight is 467 g/mol. The fourth-order valence-corrected chi connectivity index (χ4v) is 4.24. The summed E-state index contributed by atoms with van der Waals surface area (Å²) in [6, 6.07) is 4.88. The van der Waals surface area contributed by atoms with Crippen LogP contribution in [0.2, 0.25) is 0 Å². The number of anilines is 1. The molecule has 0 saturated carbocycles. The number of benzene rings is 1. The number of carbonyl (C=O) groups excluding carboxylic acids is 2. The molecule has 9 nitrogen and oxygen atoms in total. The molecule has 1 aliphatic heterocycles. The smallest absolute Gasteiger partial charge is 0.255 e. The maximum Gasteiger partial charge on any atom is 0.255 e. The molecule has 2 aromatic heterocycles. The molecule has 1 aromatic carbocycles. The summed E-state index contributed by atoms with van der Waals surface area (Å²) in [6.45, 7) is 8.80. The number of nitrogens with zero attached hydrogens (tertiary/aromatic N) is 4. The lowest BCUT2D eigenvalue weighted by molar-refractivity contribution is -0.131. The predicted octanol–water partition coefficient (Wildman–Crippen LogP) is 2.17. The number of aromatic nitrogens is 3. The maximum atomic E-state index is 13.2. The van der Waals surface area contributed by atoms with Crippen molar-refractivity contribution in [2.75, 3.05) is 31.1 Å². The van der Waals surface area contributed by atoms with Crippen molar-refractivity contribution in [2.24, 2.45) is 0 Å². The maximum absolute atomic E-state index is 13.2. The van der Waals surface area contributed by atoms with E-state index in [9.17, 15) is 19.1 Å². The number of piperazine rings is 1. The lowest BCUT2D eigenvalue weighted by Crippen LogP contribution is -2.61. The second-order valence-corrected chi connectivity index (χ2v) is 8.82. The number of hydrogen-bond donors (Lipinski definition) is 3. The summed E-state index contributed by atoms with van der Waals surface area (Å²) in [7, 11) is 0. The molecule has 3 heterocycles. The second kappa shape index (κ2) is 9.22. The van der Waals surface area contributed by atoms with Gasteiger partial charge in [-0.2, -0.15) is 0 Å². The number of H-pyrrole nitrogens is 1. The van der Waals surface area contributed by atoms with Gasteiger partial charge in [-0.15, -0.1) is 0 Å². The van der Waals surface area contributed by atoms with Crippen LogP contribution in [-0.2, 0) is 4.79 Å². The van der Waals surface area contributed by atoms with Gasteiger partial charge in [-0.05, 0) is 37.6 Å². The van der Waals surface area contributed by atoms with Crippen LogP contribution < -0.4 is 10.2 Å². The summed E-state index contributed by atoms with van der Waals surface area (Å²) in [5.41, 5.74) is 1.27. The Morgan fingerprint density at radius 2 is 2.06 bits per heavy atom. The molecule has 178 valence electrons. The third-order valence-corrected chi connectivity index (χ3v) is 6.04. The van der Waals surface area contributed by atoms with E-state index in [-0.39, 0.29) is 18.1 Å². The first-order valence-corrected chi connectivity index (χ1v) is 10.9. The molecule has 1 unspecified atom stereocenters. The van der Waals surface area contributed by atoms with Crippen LogP contribution in [0, 0.1) is 5.82 Å². The number of carbonyl (C=O) groups is 2. The van der Waals surface area contributed by atoms with Crippen molar-refractivity contribution in [1.82, 2.24) is 25.2 Å². The van der Waals surface area contributed by atoms with E-state index in [4.69, 9.17) is 0 Å². The van der Waals surface area contributed by atoms with Crippen LogP contribution in [0.15, 0.2) is 49.3 Å². The molecule has 1 saturated heterocycles. The van der Waals surface area contributed by atoms with E-state index >= 15 is 0 Å². The highest BCUT2D eigenvalue weighted by Gasteiger charge is 2.36. The van der Waals surface area contributed by atoms with E-state index in [0.29, 0.717) is 42.2 Å². The zero-order valence-electron chi connectivity index (χ0n) is 19.1. The Balaban J connectivity index is 1.57. The van der Waals surface area contributed by atoms with Crippen molar-refractivity contribution >= 4 is 28.8 Å². The molecule has 0 radical (unpaired) electrons. The average Bonchev–Trinajstić information content (AvgIpc) is 3.25. The Morgan fingerprint density at radius 1 is 1.32 bits per heavy atom. The molecular formula is C24H27FN6O3. The van der Waals surface area contributed by atoms with Crippen LogP contribution in [-0.4, -0.2) is 68.6 Å². The Kier molecular flexibility index (Phi) is 6.34. The van der Waals surface area contributed by atoms with Gasteiger partial charge in [0.2, 0.25) is 5.91 Å². The normalized spacial score (nSPS) is 16.4. The molecule has 2 amide bonds. The summed E-state index contributed by atoms with van der Waals surface area (Å²) in [4.78, 5) is 41.1. The van der Waals surface area contributed by atoms with Crippen LogP contribution >= 0.6 is 0 Å². The minimum Gasteiger partial charge on any atom is -0.394 e. The zero-order chi connectivity index (χ0) is 24.5. The molecule has 0 aliphatic carbocycles. The van der Waals surface area contributed by atoms with Gasteiger partial charge in [0, 0.05) is 25.8 Å². The van der Waals surface area contributed by atoms with Gasteiger partial charge in [0.15, 0.2) is 5.65 Å². The molecule has 10 heteroatoms. The molecule has 4 rings (SSSR count). The molecule has 1 atom stereocenters. The van der Waals surface area contributed by atoms with Crippen molar-refractivity contribution in [1.29, 1.82) is 0 Å². The second-order valence-electron chi connectivity index (χ2n) is 8.82. The Bertz CT molecular complexity index is 1220. The standard InChI is InChI=1S/C24H27FN6O3/c1-4-20(33)31-10-9-30(14-24(31,2)3)19-12-27-22-21(29-19)17(11-26-22)23(34)28-18(13-32)15-5-7-16(25)8-6-15/h4-8,11-12,18,32H,1,9-10,13-14H2,2-3H3,(H,26,27)(H,28,34). The predicted molar refractivity (Wildman–Crippen MR) is 126 cm³/mol. The minimum absolute atomic E-state index is 0.115. The first-order valence-electron chi connectivity index (χ1n) is 10.9. The van der Waals surface area contributed by atoms with Crippen LogP contribution in [0.5, 0.6) is 0 Å². The summed E-state index contributed by atoms with van der Waals surface area (Å²) in [6.07, 6.45) is 4.48. The molecule has 1 aliphatic rings. The van der Waals surface area contributed by atoms with Gasteiger partial charge in [0.1, 0.15) is 17.2 Å². The van der Waals surface area contributed by atoms with Crippen molar-refractivity contribution in [3.8, 4) is 0 Å². The van der Waals surface area contributed by atoms with E-state index in [0.717, 1.165) is 0 Å². The van der Waals surface area contributed by atoms with Crippen molar-refractivity contribution in [3.63, 3.8) is 0 Å². The SMILES string of the molecule is C=CC(=O)N1CCN(c2cnc3[nH]cc(C(=O)NC(CO)c4ccc(F)cc4)c3n2)CC1(C)C. The first kappa shape index (κ1) is 23.4. The number of aromatic amines is 1. The number of nitrogens with one attached hydrogen (secondary N) is 2. The summed E-state index contributed by atoms with van der Waals surface area (Å²) in [5.74, 6) is -0.362. The molecule has 3 N–H and O–H groups in total. The van der Waals surface area contributed by atoms with Gasteiger partial charge in [0.25, 0.3) is 5.91 Å². The fourth-order valence-electron chi connectivity index (χ4n) is 4.24. The van der Waals surface area contributed by atoms with Crippen LogP contribution in [0.1, 0.15) is 35.8 Å². The largest absolute Gasteiger partial charge is 0.394 e. The van der Waals surface area contributed by atoms with Gasteiger partial charge in [0.05, 0.1) is 29.9 Å². The number of aliphatic hydroxyl groups is 1. The van der Waals surface area contributed by atoms with Crippen LogP contribution in [0.4, 0.5) is 10.2 Å². The number of hydrogen-bond acceptors (Lipinski definition) is 6. The number of rotatable bonds is 6. The third-order valence-electron chi connectivity index (χ3n) is 6.04. The monoisotopic (exact) mass is 466 g/mol. The van der Waals surface area contributed by atoms with E-state index in [1.54, 1.807) is 11.1 Å². The lowest BCUT2D eigenvalue weighted by Gasteiger charge is -2.47. The highest BCUT2D eigenvalue weighted by molar-refractivity contribution is 6.04. The number of fused-ring (bicyclic) bond motifs is 1. The van der Waals surface area contributed by atoms with Crippen LogP contribution in [0.25, 0.3) is 11.2 Å². The Labute approximate surface area is 196 Å². The quantitative estimate of drug-likeness (QED) is 0.480. The Morgan fingerprint density at radius 3 is 2.71 bits per heavy atom. The summed E-state index contributed by atoms with van der Waals surface area (Å²) >= 11 is 0. The van der Waals surface area contributed by atoms with E-state index < -0.39 is 23.3 Å². The molecule has 0 spiro atoms. The van der Waals surface area contributed by atoms with Gasteiger partial charge in [-0.1, -0.05) is 18.7 Å². The third kappa shape index (κ3) is 4.49. The zero-order valence-corrected chi connectivity index (χ0v) is 19.1. The number of amides is 2. The molecule has 1 fully saturated rings. The molecule has 0 bridgehead atoms. The molecule has 3 aromatic rings. The summed E-state index contributed by atoms with van der Waals surface area (Å²) < 4.78 is 13.2. The molecule has 34 heavy (non-hydrogen) atoms. The van der Waals surface area contributed by atoms with Crippen molar-refractivity contribution in [2.45, 2.75) is 25.4 Å². The minimum atomic E-state index is -0.703. The summed E-state index contributed by atoms with van der Waals surface area (Å²) in [5, 5.41) is 12.5. The number of aliphatic hydroxyl groups excluding tert-OH is 1. The van der Waals surface area contributed by atoms with E-state index in [1.165, 1.54) is 36.5 Å².